The number of rotatable bonds is 8. The van der Waals surface area contributed by atoms with Gasteiger partial charge in [-0.25, -0.2) is 0 Å². The summed E-state index contributed by atoms with van der Waals surface area (Å²) >= 11 is 0. The van der Waals surface area contributed by atoms with E-state index in [1.165, 1.54) is 12.3 Å². The Balaban J connectivity index is 1.56. The molecule has 0 radical (unpaired) electrons. The number of carbonyl (C=O) groups is 1. The number of aryl methyl sites for hydroxylation is 1. The summed E-state index contributed by atoms with van der Waals surface area (Å²) in [7, 11) is 0. The Morgan fingerprint density at radius 1 is 1.30 bits per heavy atom. The van der Waals surface area contributed by atoms with Crippen LogP contribution in [0.4, 0.5) is 13.2 Å². The molecule has 2 saturated carbocycles. The van der Waals surface area contributed by atoms with Crippen molar-refractivity contribution in [2.45, 2.75) is 63.6 Å². The molecule has 2 heterocycles. The lowest BCUT2D eigenvalue weighted by atomic mass is 9.93. The van der Waals surface area contributed by atoms with E-state index in [-0.39, 0.29) is 17.4 Å². The van der Waals surface area contributed by atoms with E-state index in [2.05, 4.69) is 20.4 Å². The quantitative estimate of drug-likeness (QED) is 0.688. The van der Waals surface area contributed by atoms with Crippen LogP contribution in [0.3, 0.4) is 0 Å². The predicted octanol–water partition coefficient (Wildman–Crippen LogP) is 4.04. The van der Waals surface area contributed by atoms with Gasteiger partial charge in [-0.15, -0.1) is 0 Å². The van der Waals surface area contributed by atoms with Gasteiger partial charge in [-0.2, -0.15) is 18.2 Å². The SMILES string of the molecule is Cc1nc(C(C)(CC2CC2)NC(=O)c2cc(OCC(F)(F)F)c(C3CC3)cn2)no1. The summed E-state index contributed by atoms with van der Waals surface area (Å²) in [6.45, 7) is 2.06. The van der Waals surface area contributed by atoms with Crippen LogP contribution in [-0.2, 0) is 5.54 Å². The summed E-state index contributed by atoms with van der Waals surface area (Å²) in [5, 5.41) is 6.87. The second kappa shape index (κ2) is 7.55. The van der Waals surface area contributed by atoms with Crippen molar-refractivity contribution in [2.24, 2.45) is 5.92 Å². The van der Waals surface area contributed by atoms with Gasteiger partial charge in [0.05, 0.1) is 0 Å². The van der Waals surface area contributed by atoms with E-state index in [0.29, 0.717) is 29.6 Å². The second-order valence-corrected chi connectivity index (χ2v) is 8.36. The smallest absolute Gasteiger partial charge is 0.422 e. The molecule has 1 unspecified atom stereocenters. The molecule has 2 aromatic heterocycles. The van der Waals surface area contributed by atoms with Gasteiger partial charge in [0.1, 0.15) is 17.0 Å². The van der Waals surface area contributed by atoms with Gasteiger partial charge in [0.25, 0.3) is 5.91 Å². The minimum absolute atomic E-state index is 0.0150. The molecule has 7 nitrogen and oxygen atoms in total. The van der Waals surface area contributed by atoms with Gasteiger partial charge in [-0.1, -0.05) is 18.0 Å². The van der Waals surface area contributed by atoms with Crippen molar-refractivity contribution in [1.82, 2.24) is 20.4 Å². The molecular formula is C20H23F3N4O3. The molecule has 1 N–H and O–H groups in total. The number of nitrogens with zero attached hydrogens (tertiary/aromatic N) is 3. The number of hydrogen-bond acceptors (Lipinski definition) is 6. The van der Waals surface area contributed by atoms with Crippen molar-refractivity contribution in [3.63, 3.8) is 0 Å². The Bertz CT molecular complexity index is 938. The number of halogens is 3. The number of amides is 1. The Labute approximate surface area is 171 Å². The van der Waals surface area contributed by atoms with Gasteiger partial charge in [-0.05, 0) is 38.0 Å². The Hall–Kier alpha value is -2.65. The number of aromatic nitrogens is 3. The topological polar surface area (TPSA) is 90.1 Å². The van der Waals surface area contributed by atoms with E-state index >= 15 is 0 Å². The van der Waals surface area contributed by atoms with Gasteiger partial charge >= 0.3 is 6.18 Å². The summed E-state index contributed by atoms with van der Waals surface area (Å²) in [5.41, 5.74) is -0.288. The third kappa shape index (κ3) is 4.91. The van der Waals surface area contributed by atoms with Crippen LogP contribution < -0.4 is 10.1 Å². The maximum atomic E-state index is 13.0. The molecule has 10 heteroatoms. The minimum Gasteiger partial charge on any atom is -0.484 e. The second-order valence-electron chi connectivity index (χ2n) is 8.36. The first-order chi connectivity index (χ1) is 14.1. The predicted molar refractivity (Wildman–Crippen MR) is 99.0 cm³/mol. The Morgan fingerprint density at radius 3 is 2.60 bits per heavy atom. The molecule has 1 amide bonds. The summed E-state index contributed by atoms with van der Waals surface area (Å²) in [5.74, 6) is 0.846. The van der Waals surface area contributed by atoms with Crippen LogP contribution in [0.1, 0.15) is 72.7 Å². The van der Waals surface area contributed by atoms with Gasteiger partial charge < -0.3 is 14.6 Å². The largest absolute Gasteiger partial charge is 0.484 e. The lowest BCUT2D eigenvalue weighted by molar-refractivity contribution is -0.153. The molecule has 1 atom stereocenters. The van der Waals surface area contributed by atoms with Crippen LogP contribution in [0.15, 0.2) is 16.8 Å². The molecule has 162 valence electrons. The molecule has 4 rings (SSSR count). The molecular weight excluding hydrogens is 401 g/mol. The fraction of sp³-hybridized carbons (Fsp3) is 0.600. The third-order valence-electron chi connectivity index (χ3n) is 5.34. The monoisotopic (exact) mass is 424 g/mol. The van der Waals surface area contributed by atoms with E-state index in [4.69, 9.17) is 9.26 Å². The highest BCUT2D eigenvalue weighted by atomic mass is 19.4. The number of ether oxygens (including phenoxy) is 1. The van der Waals surface area contributed by atoms with Crippen LogP contribution in [0.25, 0.3) is 0 Å². The van der Waals surface area contributed by atoms with Crippen molar-refractivity contribution < 1.29 is 27.2 Å². The number of pyridine rings is 1. The summed E-state index contributed by atoms with van der Waals surface area (Å²) in [4.78, 5) is 21.4. The van der Waals surface area contributed by atoms with Crippen LogP contribution in [0.5, 0.6) is 5.75 Å². The fourth-order valence-corrected chi connectivity index (χ4v) is 3.49. The molecule has 0 saturated heterocycles. The molecule has 30 heavy (non-hydrogen) atoms. The van der Waals surface area contributed by atoms with Gasteiger partial charge in [0.15, 0.2) is 12.4 Å². The maximum Gasteiger partial charge on any atom is 0.422 e. The minimum atomic E-state index is -4.47. The molecule has 0 bridgehead atoms. The van der Waals surface area contributed by atoms with E-state index in [1.807, 2.05) is 6.92 Å². The molecule has 2 fully saturated rings. The Kier molecular flexibility index (Phi) is 5.19. The molecule has 2 aliphatic rings. The number of alkyl halides is 3. The van der Waals surface area contributed by atoms with Crippen LogP contribution >= 0.6 is 0 Å². The first-order valence-corrected chi connectivity index (χ1v) is 9.96. The average molecular weight is 424 g/mol. The lowest BCUT2D eigenvalue weighted by Gasteiger charge is -2.27. The zero-order valence-corrected chi connectivity index (χ0v) is 16.8. The van der Waals surface area contributed by atoms with Crippen molar-refractivity contribution in [3.05, 3.63) is 35.2 Å². The van der Waals surface area contributed by atoms with Gasteiger partial charge in [-0.3, -0.25) is 9.78 Å². The third-order valence-corrected chi connectivity index (χ3v) is 5.34. The summed E-state index contributed by atoms with van der Waals surface area (Å²) in [6.07, 6.45) is 1.47. The standard InChI is InChI=1S/C20H23F3N4O3/c1-11-25-18(27-30-11)19(2,8-12-3-4-12)26-17(28)15-7-16(29-10-20(21,22)23)14(9-24-15)13-5-6-13/h7,9,12-13H,3-6,8,10H2,1-2H3,(H,26,28). The van der Waals surface area contributed by atoms with E-state index in [0.717, 1.165) is 25.7 Å². The highest BCUT2D eigenvalue weighted by Crippen LogP contribution is 2.44. The van der Waals surface area contributed by atoms with Crippen molar-refractivity contribution in [3.8, 4) is 5.75 Å². The molecule has 0 spiro atoms. The summed E-state index contributed by atoms with van der Waals surface area (Å²) < 4.78 is 48.0. The first kappa shape index (κ1) is 20.6. The number of nitrogens with one attached hydrogen (secondary N) is 1. The average Bonchev–Trinajstić information content (AvgIpc) is 3.59. The summed E-state index contributed by atoms with van der Waals surface area (Å²) in [6, 6.07) is 1.29. The number of hydrogen-bond donors (Lipinski definition) is 1. The first-order valence-electron chi connectivity index (χ1n) is 9.96. The van der Waals surface area contributed by atoms with Crippen LogP contribution in [-0.4, -0.2) is 33.8 Å². The zero-order chi connectivity index (χ0) is 21.5. The van der Waals surface area contributed by atoms with Gasteiger partial charge in [0, 0.05) is 24.8 Å². The van der Waals surface area contributed by atoms with E-state index in [1.54, 1.807) is 6.92 Å². The van der Waals surface area contributed by atoms with Gasteiger partial charge in [0.2, 0.25) is 5.89 Å². The molecule has 0 aliphatic heterocycles. The van der Waals surface area contributed by atoms with Crippen LogP contribution in [0.2, 0.25) is 0 Å². The normalized spacial score (nSPS) is 18.7. The highest BCUT2D eigenvalue weighted by molar-refractivity contribution is 5.93. The maximum absolute atomic E-state index is 13.0. The molecule has 2 aromatic rings. The van der Waals surface area contributed by atoms with Crippen LogP contribution in [0, 0.1) is 12.8 Å². The molecule has 0 aromatic carbocycles. The fourth-order valence-electron chi connectivity index (χ4n) is 3.49. The van der Waals surface area contributed by atoms with E-state index in [9.17, 15) is 18.0 Å². The van der Waals surface area contributed by atoms with E-state index < -0.39 is 24.2 Å². The lowest BCUT2D eigenvalue weighted by Crippen LogP contribution is -2.45. The van der Waals surface area contributed by atoms with Crippen molar-refractivity contribution in [2.75, 3.05) is 6.61 Å². The van der Waals surface area contributed by atoms with Crippen molar-refractivity contribution >= 4 is 5.91 Å². The zero-order valence-electron chi connectivity index (χ0n) is 16.8. The van der Waals surface area contributed by atoms with Crippen molar-refractivity contribution in [1.29, 1.82) is 0 Å². The highest BCUT2D eigenvalue weighted by Gasteiger charge is 2.40. The Morgan fingerprint density at radius 2 is 2.03 bits per heavy atom. The molecule has 2 aliphatic carbocycles. The number of carbonyl (C=O) groups excluding carboxylic acids is 1.